The fourth-order valence-corrected chi connectivity index (χ4v) is 4.28. The Bertz CT molecular complexity index is 523. The molecule has 0 aromatic carbocycles. The van der Waals surface area contributed by atoms with Crippen molar-refractivity contribution in [2.45, 2.75) is 52.4 Å². The molecule has 162 valence electrons. The zero-order valence-electron chi connectivity index (χ0n) is 17.4. The van der Waals surface area contributed by atoms with Crippen molar-refractivity contribution in [2.75, 3.05) is 52.7 Å². The largest absolute Gasteiger partial charge is 0.382 e. The Morgan fingerprint density at radius 1 is 1.22 bits per heavy atom. The first kappa shape index (κ1) is 26.9. The van der Waals surface area contributed by atoms with Gasteiger partial charge in [-0.1, -0.05) is 12.8 Å². The molecule has 0 atom stereocenters. The molecular weight excluding hydrogens is 479 g/mol. The van der Waals surface area contributed by atoms with Gasteiger partial charge in [-0.25, -0.2) is 12.7 Å². The van der Waals surface area contributed by atoms with Gasteiger partial charge in [0.1, 0.15) is 0 Å². The second-order valence-electron chi connectivity index (χ2n) is 7.08. The molecule has 2 N–H and O–H groups in total. The van der Waals surface area contributed by atoms with Crippen LogP contribution in [0.1, 0.15) is 52.4 Å². The molecule has 9 heteroatoms. The third-order valence-corrected chi connectivity index (χ3v) is 7.14. The molecule has 1 rings (SSSR count). The smallest absolute Gasteiger partial charge is 0.213 e. The molecule has 0 saturated heterocycles. The molecule has 0 heterocycles. The molecule has 0 amide bonds. The monoisotopic (exact) mass is 518 g/mol. The van der Waals surface area contributed by atoms with Crippen molar-refractivity contribution in [3.8, 4) is 0 Å². The minimum atomic E-state index is -3.10. The van der Waals surface area contributed by atoms with Crippen LogP contribution < -0.4 is 10.6 Å². The molecule has 0 aromatic heterocycles. The summed E-state index contributed by atoms with van der Waals surface area (Å²) >= 11 is 0. The lowest BCUT2D eigenvalue weighted by Gasteiger charge is -2.30. The average Bonchev–Trinajstić information content (AvgIpc) is 3.10. The molecule has 0 unspecified atom stereocenters. The number of nitrogens with one attached hydrogen (secondary N) is 2. The minimum absolute atomic E-state index is 0. The van der Waals surface area contributed by atoms with Crippen molar-refractivity contribution < 1.29 is 13.2 Å². The summed E-state index contributed by atoms with van der Waals surface area (Å²) in [5.74, 6) is 0.929. The fourth-order valence-electron chi connectivity index (χ4n) is 3.43. The van der Waals surface area contributed by atoms with E-state index in [9.17, 15) is 8.42 Å². The van der Waals surface area contributed by atoms with Crippen molar-refractivity contribution in [3.63, 3.8) is 0 Å². The highest BCUT2D eigenvalue weighted by atomic mass is 127. The van der Waals surface area contributed by atoms with Crippen LogP contribution in [0, 0.1) is 5.41 Å². The van der Waals surface area contributed by atoms with Gasteiger partial charge in [0.15, 0.2) is 5.96 Å². The number of guanidine groups is 1. The van der Waals surface area contributed by atoms with Crippen LogP contribution in [0.25, 0.3) is 0 Å². The average molecular weight is 519 g/mol. The zero-order chi connectivity index (χ0) is 19.5. The molecule has 0 radical (unpaired) electrons. The highest BCUT2D eigenvalue weighted by molar-refractivity contribution is 14.0. The van der Waals surface area contributed by atoms with Crippen molar-refractivity contribution in [1.82, 2.24) is 14.9 Å². The van der Waals surface area contributed by atoms with Gasteiger partial charge in [-0.05, 0) is 44.9 Å². The maximum absolute atomic E-state index is 11.7. The summed E-state index contributed by atoms with van der Waals surface area (Å²) in [6.45, 7) is 7.41. The molecule has 27 heavy (non-hydrogen) atoms. The van der Waals surface area contributed by atoms with E-state index in [1.165, 1.54) is 30.0 Å². The van der Waals surface area contributed by atoms with E-state index < -0.39 is 10.0 Å². The lowest BCUT2D eigenvalue weighted by atomic mass is 9.83. The molecule has 0 aliphatic heterocycles. The Labute approximate surface area is 183 Å². The van der Waals surface area contributed by atoms with Crippen molar-refractivity contribution in [1.29, 1.82) is 0 Å². The second kappa shape index (κ2) is 13.9. The molecule has 7 nitrogen and oxygen atoms in total. The number of sulfonamides is 1. The molecule has 0 bridgehead atoms. The van der Waals surface area contributed by atoms with Gasteiger partial charge in [-0.2, -0.15) is 0 Å². The van der Waals surface area contributed by atoms with Crippen LogP contribution in [0.2, 0.25) is 0 Å². The predicted molar refractivity (Wildman–Crippen MR) is 123 cm³/mol. The highest BCUT2D eigenvalue weighted by Gasteiger charge is 2.33. The summed E-state index contributed by atoms with van der Waals surface area (Å²) in [6.07, 6.45) is 6.89. The van der Waals surface area contributed by atoms with Gasteiger partial charge < -0.3 is 15.4 Å². The van der Waals surface area contributed by atoms with E-state index in [0.717, 1.165) is 38.6 Å². The summed E-state index contributed by atoms with van der Waals surface area (Å²) in [6, 6.07) is 0. The van der Waals surface area contributed by atoms with Crippen molar-refractivity contribution in [3.05, 3.63) is 0 Å². The maximum atomic E-state index is 11.7. The Morgan fingerprint density at radius 2 is 1.89 bits per heavy atom. The second-order valence-corrected chi connectivity index (χ2v) is 9.45. The third-order valence-electron chi connectivity index (χ3n) is 5.28. The first-order valence-corrected chi connectivity index (χ1v) is 11.5. The fraction of sp³-hybridized carbons (Fsp3) is 0.944. The normalized spacial score (nSPS) is 17.0. The zero-order valence-corrected chi connectivity index (χ0v) is 20.6. The van der Waals surface area contributed by atoms with E-state index in [2.05, 4.69) is 15.6 Å². The molecule has 1 aliphatic carbocycles. The maximum Gasteiger partial charge on any atom is 0.213 e. The number of halogens is 1. The van der Waals surface area contributed by atoms with Gasteiger partial charge in [-0.15, -0.1) is 24.0 Å². The third kappa shape index (κ3) is 9.76. The van der Waals surface area contributed by atoms with Crippen molar-refractivity contribution in [2.24, 2.45) is 10.4 Å². The Morgan fingerprint density at radius 3 is 2.44 bits per heavy atom. The van der Waals surface area contributed by atoms with Gasteiger partial charge in [0, 0.05) is 46.9 Å². The Balaban J connectivity index is 0.00000676. The molecule has 1 aliphatic rings. The standard InChI is InChI=1S/C18H38N4O3S.HI/c1-5-25-15-12-18(10-7-8-11-18)16-21-17(19-3)20-13-9-14-22(4)26(23,24)6-2;/h5-16H2,1-4H3,(H2,19,20,21);1H. The SMILES string of the molecule is CCOCCC1(CNC(=NC)NCCCN(C)S(=O)(=O)CC)CCCC1.I. The summed E-state index contributed by atoms with van der Waals surface area (Å²) < 4.78 is 30.5. The van der Waals surface area contributed by atoms with Crippen LogP contribution in [-0.2, 0) is 14.8 Å². The topological polar surface area (TPSA) is 83.0 Å². The van der Waals surface area contributed by atoms with E-state index in [0.29, 0.717) is 18.5 Å². The van der Waals surface area contributed by atoms with Crippen LogP contribution in [0.15, 0.2) is 4.99 Å². The van der Waals surface area contributed by atoms with Crippen LogP contribution in [0.3, 0.4) is 0 Å². The first-order valence-electron chi connectivity index (χ1n) is 9.85. The quantitative estimate of drug-likeness (QED) is 0.180. The van der Waals surface area contributed by atoms with Gasteiger partial charge in [-0.3, -0.25) is 4.99 Å². The predicted octanol–water partition coefficient (Wildman–Crippen LogP) is 2.43. The number of nitrogens with zero attached hydrogens (tertiary/aromatic N) is 2. The van der Waals surface area contributed by atoms with Gasteiger partial charge in [0.2, 0.25) is 10.0 Å². The van der Waals surface area contributed by atoms with E-state index in [1.54, 1.807) is 21.0 Å². The summed E-state index contributed by atoms with van der Waals surface area (Å²) in [7, 11) is 0.304. The number of hydrogen-bond donors (Lipinski definition) is 2. The highest BCUT2D eigenvalue weighted by Crippen LogP contribution is 2.40. The van der Waals surface area contributed by atoms with Crippen LogP contribution in [0.5, 0.6) is 0 Å². The number of ether oxygens (including phenoxy) is 1. The molecule has 0 spiro atoms. The number of rotatable bonds is 12. The van der Waals surface area contributed by atoms with E-state index in [-0.39, 0.29) is 29.7 Å². The summed E-state index contributed by atoms with van der Waals surface area (Å²) in [5, 5.41) is 6.75. The van der Waals surface area contributed by atoms with Gasteiger partial charge in [0.25, 0.3) is 0 Å². The van der Waals surface area contributed by atoms with Crippen LogP contribution >= 0.6 is 24.0 Å². The molecule has 0 aromatic rings. The lowest BCUT2D eigenvalue weighted by molar-refractivity contribution is 0.105. The van der Waals surface area contributed by atoms with E-state index in [4.69, 9.17) is 4.74 Å². The molecular formula is C18H39IN4O3S. The van der Waals surface area contributed by atoms with E-state index >= 15 is 0 Å². The number of hydrogen-bond acceptors (Lipinski definition) is 4. The number of aliphatic imine (C=N–C) groups is 1. The van der Waals surface area contributed by atoms with Gasteiger partial charge in [0.05, 0.1) is 5.75 Å². The van der Waals surface area contributed by atoms with Gasteiger partial charge >= 0.3 is 0 Å². The minimum Gasteiger partial charge on any atom is -0.382 e. The van der Waals surface area contributed by atoms with Crippen molar-refractivity contribution >= 4 is 40.0 Å². The Hall–Kier alpha value is -0.130. The van der Waals surface area contributed by atoms with Crippen LogP contribution in [-0.4, -0.2) is 71.4 Å². The van der Waals surface area contributed by atoms with Crippen LogP contribution in [0.4, 0.5) is 0 Å². The summed E-state index contributed by atoms with van der Waals surface area (Å²) in [5.41, 5.74) is 0.308. The molecule has 1 saturated carbocycles. The van der Waals surface area contributed by atoms with E-state index in [1.807, 2.05) is 6.92 Å². The summed E-state index contributed by atoms with van der Waals surface area (Å²) in [4.78, 5) is 4.29. The Kier molecular flexibility index (Phi) is 13.9. The lowest BCUT2D eigenvalue weighted by Crippen LogP contribution is -2.44. The first-order chi connectivity index (χ1) is 12.4. The molecule has 1 fully saturated rings.